The van der Waals surface area contributed by atoms with E-state index in [2.05, 4.69) is 36.0 Å². The van der Waals surface area contributed by atoms with E-state index in [0.717, 1.165) is 12.8 Å². The van der Waals surface area contributed by atoms with Gasteiger partial charge in [-0.3, -0.25) is 14.4 Å². The maximum atomic E-state index is 11.9. The van der Waals surface area contributed by atoms with E-state index >= 15 is 0 Å². The molecule has 1 heterocycles. The molecule has 1 aromatic rings. The molecule has 0 saturated heterocycles. The molecule has 1 atom stereocenters. The number of methoxy groups -OCH3 is 1. The van der Waals surface area contributed by atoms with Crippen LogP contribution < -0.4 is 5.32 Å². The number of hydrogen-bond acceptors (Lipinski definition) is 8. The van der Waals surface area contributed by atoms with Crippen LogP contribution in [0, 0.1) is 11.8 Å². The Balaban J connectivity index is 0. The van der Waals surface area contributed by atoms with Crippen molar-refractivity contribution in [3.8, 4) is 0 Å². The lowest BCUT2D eigenvalue weighted by Crippen LogP contribution is -2.11. The molecule has 210 valence electrons. The van der Waals surface area contributed by atoms with Gasteiger partial charge in [-0.15, -0.1) is 11.3 Å². The number of ketones is 1. The van der Waals surface area contributed by atoms with Crippen molar-refractivity contribution in [1.82, 2.24) is 5.32 Å². The summed E-state index contributed by atoms with van der Waals surface area (Å²) in [5, 5.41) is 13.0. The number of thiophene rings is 1. The van der Waals surface area contributed by atoms with Gasteiger partial charge in [-0.1, -0.05) is 47.1 Å². The lowest BCUT2D eigenvalue weighted by atomic mass is 9.99. The van der Waals surface area contributed by atoms with Gasteiger partial charge in [-0.2, -0.15) is 0 Å². The molecule has 2 N–H and O–H groups in total. The number of rotatable bonds is 15. The maximum absolute atomic E-state index is 11.9. The Morgan fingerprint density at radius 2 is 1.76 bits per heavy atom. The van der Waals surface area contributed by atoms with Crippen molar-refractivity contribution in [2.45, 2.75) is 80.1 Å². The molecule has 0 aliphatic heterocycles. The van der Waals surface area contributed by atoms with Crippen LogP contribution in [0.4, 0.5) is 0 Å². The Kier molecular flexibility index (Phi) is 23.1. The zero-order chi connectivity index (χ0) is 28.6. The van der Waals surface area contributed by atoms with Crippen LogP contribution in [0.15, 0.2) is 47.6 Å². The Morgan fingerprint density at radius 3 is 2.22 bits per heavy atom. The summed E-state index contributed by atoms with van der Waals surface area (Å²) >= 11 is 1.97. The first kappa shape index (κ1) is 36.3. The summed E-state index contributed by atoms with van der Waals surface area (Å²) < 4.78 is 8.82. The number of hydrogen-bond donors (Lipinski definition) is 2. The Bertz CT molecular complexity index is 854. The van der Waals surface area contributed by atoms with Crippen molar-refractivity contribution in [1.29, 1.82) is 0 Å². The highest BCUT2D eigenvalue weighted by molar-refractivity contribution is 7.11. The molecule has 7 nitrogen and oxygen atoms in total. The van der Waals surface area contributed by atoms with Gasteiger partial charge in [0, 0.05) is 40.3 Å². The second kappa shape index (κ2) is 23.5. The molecule has 37 heavy (non-hydrogen) atoms. The SMILES string of the molecule is CCCCc1ccc(CC)s1.CN/C=C/CCC(C)/C(=C/C(O)=C(\C)C(=O)C(C)C)OC=O.COC=O. The maximum Gasteiger partial charge on any atom is 0.298 e. The summed E-state index contributed by atoms with van der Waals surface area (Å²) in [6.07, 6.45) is 11.8. The third kappa shape index (κ3) is 18.1. The molecule has 0 spiro atoms. The predicted octanol–water partition coefficient (Wildman–Crippen LogP) is 6.69. The summed E-state index contributed by atoms with van der Waals surface area (Å²) in [6, 6.07) is 4.54. The van der Waals surface area contributed by atoms with Crippen LogP contribution in [0.5, 0.6) is 0 Å². The third-order valence-corrected chi connectivity index (χ3v) is 6.51. The molecular weight excluding hydrogens is 490 g/mol. The minimum absolute atomic E-state index is 0.0594. The average molecular weight is 538 g/mol. The summed E-state index contributed by atoms with van der Waals surface area (Å²) in [6.45, 7) is 12.2. The molecule has 0 aromatic carbocycles. The van der Waals surface area contributed by atoms with Crippen LogP contribution in [0.1, 0.15) is 77.0 Å². The lowest BCUT2D eigenvalue weighted by Gasteiger charge is -2.13. The minimum Gasteiger partial charge on any atom is -0.507 e. The Hall–Kier alpha value is -2.87. The largest absolute Gasteiger partial charge is 0.507 e. The van der Waals surface area contributed by atoms with E-state index in [4.69, 9.17) is 9.53 Å². The smallest absolute Gasteiger partial charge is 0.298 e. The quantitative estimate of drug-likeness (QED) is 0.111. The molecule has 0 amide bonds. The van der Waals surface area contributed by atoms with Gasteiger partial charge < -0.3 is 19.9 Å². The van der Waals surface area contributed by atoms with Crippen molar-refractivity contribution in [3.05, 3.63) is 57.3 Å². The highest BCUT2D eigenvalue weighted by Crippen LogP contribution is 2.21. The van der Waals surface area contributed by atoms with Crippen LogP contribution in [-0.2, 0) is 36.7 Å². The Labute approximate surface area is 227 Å². The number of aryl methyl sites for hydroxylation is 2. The minimum atomic E-state index is -0.199. The first-order valence-corrected chi connectivity index (χ1v) is 13.6. The highest BCUT2D eigenvalue weighted by Gasteiger charge is 2.16. The fourth-order valence-electron chi connectivity index (χ4n) is 2.94. The normalized spacial score (nSPS) is 12.4. The summed E-state index contributed by atoms with van der Waals surface area (Å²) in [4.78, 5) is 34.5. The second-order valence-electron chi connectivity index (χ2n) is 8.62. The van der Waals surface area contributed by atoms with E-state index < -0.39 is 0 Å². The molecule has 0 aliphatic carbocycles. The van der Waals surface area contributed by atoms with Gasteiger partial charge in [0.2, 0.25) is 0 Å². The number of aliphatic hydroxyl groups is 1. The number of unbranched alkanes of at least 4 members (excludes halogenated alkanes) is 1. The highest BCUT2D eigenvalue weighted by atomic mass is 32.1. The van der Waals surface area contributed by atoms with Crippen molar-refractivity contribution < 1.29 is 29.0 Å². The van der Waals surface area contributed by atoms with Gasteiger partial charge in [-0.05, 0) is 57.4 Å². The van der Waals surface area contributed by atoms with Crippen LogP contribution in [0.3, 0.4) is 0 Å². The zero-order valence-electron chi connectivity index (χ0n) is 23.8. The van der Waals surface area contributed by atoms with Crippen molar-refractivity contribution >= 4 is 30.1 Å². The number of ether oxygens (including phenoxy) is 2. The summed E-state index contributed by atoms with van der Waals surface area (Å²) in [5.41, 5.74) is 0.268. The van der Waals surface area contributed by atoms with Gasteiger partial charge >= 0.3 is 0 Å². The molecule has 8 heteroatoms. The molecule has 0 aliphatic rings. The molecule has 0 bridgehead atoms. The van der Waals surface area contributed by atoms with Gasteiger partial charge in [0.25, 0.3) is 12.9 Å². The second-order valence-corrected chi connectivity index (χ2v) is 9.87. The van der Waals surface area contributed by atoms with E-state index in [-0.39, 0.29) is 29.0 Å². The third-order valence-electron chi connectivity index (χ3n) is 5.22. The molecule has 1 aromatic heterocycles. The van der Waals surface area contributed by atoms with Crippen molar-refractivity contribution in [3.63, 3.8) is 0 Å². The first-order chi connectivity index (χ1) is 17.6. The summed E-state index contributed by atoms with van der Waals surface area (Å²) in [7, 11) is 3.13. The molecular formula is C29H47NO6S. The lowest BCUT2D eigenvalue weighted by molar-refractivity contribution is -0.126. The van der Waals surface area contributed by atoms with Crippen LogP contribution in [0.25, 0.3) is 0 Å². The fourth-order valence-corrected chi connectivity index (χ4v) is 3.94. The van der Waals surface area contributed by atoms with Crippen molar-refractivity contribution in [2.75, 3.05) is 14.2 Å². The fraction of sp³-hybridized carbons (Fsp3) is 0.552. The standard InChI is InChI=1S/C17H27NO4.C10H16S.C2H4O2/c1-12(2)17(21)14(4)15(20)10-16(22-11-19)13(3)8-6-7-9-18-5;1-3-5-6-10-8-7-9(4-2)11-10;1-4-2-3/h7,9-13,18,20H,6,8H2,1-5H3;7-8H,3-6H2,1-2H3;2H,1H3/b9-7+,15-14-,16-10-;;. The number of allylic oxidation sites excluding steroid dienone is 4. The predicted molar refractivity (Wildman–Crippen MR) is 152 cm³/mol. The molecule has 1 unspecified atom stereocenters. The molecule has 1 rings (SSSR count). The van der Waals surface area contributed by atoms with E-state index in [1.54, 1.807) is 25.6 Å². The molecule has 0 radical (unpaired) electrons. The molecule has 0 fully saturated rings. The topological polar surface area (TPSA) is 102 Å². The monoisotopic (exact) mass is 537 g/mol. The summed E-state index contributed by atoms with van der Waals surface area (Å²) in [5.74, 6) is -0.204. The van der Waals surface area contributed by atoms with Gasteiger partial charge in [0.15, 0.2) is 5.78 Å². The number of Topliss-reactive ketones (excluding diaryl/α,β-unsaturated/α-hetero) is 1. The van der Waals surface area contributed by atoms with Gasteiger partial charge in [-0.25, -0.2) is 0 Å². The molecule has 0 saturated carbocycles. The number of carbonyl (C=O) groups is 3. The van der Waals surface area contributed by atoms with Gasteiger partial charge in [0.1, 0.15) is 11.5 Å². The van der Waals surface area contributed by atoms with E-state index in [9.17, 15) is 14.7 Å². The van der Waals surface area contributed by atoms with Crippen LogP contribution in [-0.4, -0.2) is 38.0 Å². The average Bonchev–Trinajstić information content (AvgIpc) is 3.37. The van der Waals surface area contributed by atoms with Gasteiger partial charge in [0.05, 0.1) is 7.11 Å². The Morgan fingerprint density at radius 1 is 1.14 bits per heavy atom. The van der Waals surface area contributed by atoms with E-state index in [0.29, 0.717) is 18.7 Å². The number of nitrogens with one attached hydrogen (secondary N) is 1. The van der Waals surface area contributed by atoms with Crippen LogP contribution >= 0.6 is 11.3 Å². The number of aliphatic hydroxyl groups excluding tert-OH is 1. The zero-order valence-corrected chi connectivity index (χ0v) is 24.7. The first-order valence-electron chi connectivity index (χ1n) is 12.7. The number of carbonyl (C=O) groups excluding carboxylic acids is 3. The van der Waals surface area contributed by atoms with Crippen molar-refractivity contribution in [2.24, 2.45) is 11.8 Å². The van der Waals surface area contributed by atoms with Crippen LogP contribution in [0.2, 0.25) is 0 Å². The van der Waals surface area contributed by atoms with E-state index in [1.807, 2.05) is 37.6 Å². The van der Waals surface area contributed by atoms with E-state index in [1.165, 1.54) is 43.7 Å².